The Hall–Kier alpha value is -1.78. The summed E-state index contributed by atoms with van der Waals surface area (Å²) in [6.45, 7) is 2.86. The molecule has 1 aromatic rings. The van der Waals surface area contributed by atoms with Crippen molar-refractivity contribution < 1.29 is 19.1 Å². The summed E-state index contributed by atoms with van der Waals surface area (Å²) in [6, 6.07) is 3.68. The van der Waals surface area contributed by atoms with Crippen LogP contribution in [0.3, 0.4) is 0 Å². The Balaban J connectivity index is 1.76. The van der Waals surface area contributed by atoms with Crippen molar-refractivity contribution in [3.63, 3.8) is 0 Å². The highest BCUT2D eigenvalue weighted by Crippen LogP contribution is 2.43. The van der Waals surface area contributed by atoms with Crippen molar-refractivity contribution in [2.45, 2.75) is 32.2 Å². The maximum atomic E-state index is 12.5. The molecule has 5 nitrogen and oxygen atoms in total. The molecular formula is C15H19NO4. The van der Waals surface area contributed by atoms with E-state index in [9.17, 15) is 9.59 Å². The van der Waals surface area contributed by atoms with E-state index in [1.54, 1.807) is 6.26 Å². The molecule has 1 saturated carbocycles. The minimum Gasteiger partial charge on any atom is -0.481 e. The molecule has 1 aliphatic heterocycles. The molecule has 20 heavy (non-hydrogen) atoms. The average molecular weight is 277 g/mol. The minimum atomic E-state index is -0.858. The zero-order valence-electron chi connectivity index (χ0n) is 11.5. The van der Waals surface area contributed by atoms with E-state index in [0.717, 1.165) is 18.6 Å². The Morgan fingerprint density at radius 1 is 1.35 bits per heavy atom. The molecular weight excluding hydrogens is 258 g/mol. The van der Waals surface area contributed by atoms with Gasteiger partial charge in [0.2, 0.25) is 5.91 Å². The predicted octanol–water partition coefficient (Wildman–Crippen LogP) is 2.30. The van der Waals surface area contributed by atoms with Crippen molar-refractivity contribution in [2.24, 2.45) is 17.8 Å². The summed E-state index contributed by atoms with van der Waals surface area (Å²) in [5.41, 5.74) is 0. The van der Waals surface area contributed by atoms with Crippen molar-refractivity contribution >= 4 is 11.9 Å². The summed E-state index contributed by atoms with van der Waals surface area (Å²) in [6.07, 6.45) is 3.94. The molecule has 2 fully saturated rings. The molecule has 0 bridgehead atoms. The third-order valence-electron chi connectivity index (χ3n) is 4.44. The van der Waals surface area contributed by atoms with Crippen molar-refractivity contribution in [3.05, 3.63) is 24.2 Å². The van der Waals surface area contributed by atoms with Gasteiger partial charge in [-0.25, -0.2) is 0 Å². The van der Waals surface area contributed by atoms with Gasteiger partial charge in [0.15, 0.2) is 0 Å². The number of hydrogen-bond donors (Lipinski definition) is 1. The molecule has 0 radical (unpaired) electrons. The lowest BCUT2D eigenvalue weighted by Gasteiger charge is -2.37. The first-order chi connectivity index (χ1) is 9.58. The summed E-state index contributed by atoms with van der Waals surface area (Å²) in [7, 11) is 0. The number of amides is 1. The van der Waals surface area contributed by atoms with E-state index in [4.69, 9.17) is 9.52 Å². The van der Waals surface area contributed by atoms with Crippen LogP contribution in [-0.4, -0.2) is 28.4 Å². The minimum absolute atomic E-state index is 0.0225. The predicted molar refractivity (Wildman–Crippen MR) is 70.8 cm³/mol. The van der Waals surface area contributed by atoms with Crippen LogP contribution in [0.15, 0.2) is 22.8 Å². The third-order valence-corrected chi connectivity index (χ3v) is 4.44. The van der Waals surface area contributed by atoms with Crippen LogP contribution in [0.2, 0.25) is 0 Å². The fourth-order valence-electron chi connectivity index (χ4n) is 3.11. The van der Waals surface area contributed by atoms with Crippen LogP contribution in [0.1, 0.15) is 38.0 Å². The fourth-order valence-corrected chi connectivity index (χ4v) is 3.11. The standard InChI is InChI=1S/C15H19NO4/c1-9-4-5-16(12(7-9)13-3-2-6-20-13)14(17)10-8-11(10)15(18)19/h2-3,6,9-12H,4-5,7-8H2,1H3,(H,18,19). The van der Waals surface area contributed by atoms with Crippen LogP contribution < -0.4 is 0 Å². The number of furan rings is 1. The first-order valence-electron chi connectivity index (χ1n) is 7.14. The van der Waals surface area contributed by atoms with Crippen molar-refractivity contribution in [1.82, 2.24) is 4.90 Å². The second-order valence-electron chi connectivity index (χ2n) is 5.98. The van der Waals surface area contributed by atoms with Crippen LogP contribution in [0, 0.1) is 17.8 Å². The molecule has 2 aliphatic rings. The maximum Gasteiger partial charge on any atom is 0.307 e. The number of nitrogens with zero attached hydrogens (tertiary/aromatic N) is 1. The Morgan fingerprint density at radius 2 is 2.15 bits per heavy atom. The number of rotatable bonds is 3. The van der Waals surface area contributed by atoms with Crippen molar-refractivity contribution in [1.29, 1.82) is 0 Å². The van der Waals surface area contributed by atoms with Crippen LogP contribution in [0.5, 0.6) is 0 Å². The summed E-state index contributed by atoms with van der Waals surface area (Å²) in [5, 5.41) is 8.97. The van der Waals surface area contributed by atoms with Crippen LogP contribution in [0.25, 0.3) is 0 Å². The Labute approximate surface area is 117 Å². The van der Waals surface area contributed by atoms with E-state index >= 15 is 0 Å². The van der Waals surface area contributed by atoms with Crippen molar-refractivity contribution in [3.8, 4) is 0 Å². The highest BCUT2D eigenvalue weighted by atomic mass is 16.4. The van der Waals surface area contributed by atoms with E-state index in [1.807, 2.05) is 17.0 Å². The second kappa shape index (κ2) is 4.96. The molecule has 0 spiro atoms. The van der Waals surface area contributed by atoms with Gasteiger partial charge in [0.1, 0.15) is 5.76 Å². The van der Waals surface area contributed by atoms with Gasteiger partial charge in [-0.15, -0.1) is 0 Å². The van der Waals surface area contributed by atoms with Gasteiger partial charge in [-0.1, -0.05) is 6.92 Å². The van der Waals surface area contributed by atoms with E-state index in [1.165, 1.54) is 0 Å². The number of carbonyl (C=O) groups excluding carboxylic acids is 1. The van der Waals surface area contributed by atoms with Gasteiger partial charge in [0.25, 0.3) is 0 Å². The average Bonchev–Trinajstić information content (AvgIpc) is 3.05. The number of likely N-dealkylation sites (tertiary alicyclic amines) is 1. The van der Waals surface area contributed by atoms with Gasteiger partial charge in [0.05, 0.1) is 24.1 Å². The third kappa shape index (κ3) is 2.32. The molecule has 3 rings (SSSR count). The SMILES string of the molecule is CC1CCN(C(=O)C2CC2C(=O)O)C(c2ccco2)C1. The van der Waals surface area contributed by atoms with E-state index < -0.39 is 11.9 Å². The second-order valence-corrected chi connectivity index (χ2v) is 5.98. The lowest BCUT2D eigenvalue weighted by molar-refractivity contribution is -0.143. The molecule has 1 aromatic heterocycles. The van der Waals surface area contributed by atoms with Crippen LogP contribution in [0.4, 0.5) is 0 Å². The highest BCUT2D eigenvalue weighted by molar-refractivity contribution is 5.89. The molecule has 1 saturated heterocycles. The Kier molecular flexibility index (Phi) is 3.28. The molecule has 0 aromatic carbocycles. The number of aliphatic carboxylic acids is 1. The van der Waals surface area contributed by atoms with Crippen molar-refractivity contribution in [2.75, 3.05) is 6.54 Å². The highest BCUT2D eigenvalue weighted by Gasteiger charge is 2.51. The topological polar surface area (TPSA) is 70.8 Å². The maximum absolute atomic E-state index is 12.5. The summed E-state index contributed by atoms with van der Waals surface area (Å²) < 4.78 is 5.47. The number of carbonyl (C=O) groups is 2. The van der Waals surface area contributed by atoms with E-state index in [-0.39, 0.29) is 17.9 Å². The van der Waals surface area contributed by atoms with Gasteiger partial charge >= 0.3 is 5.97 Å². The molecule has 108 valence electrons. The molecule has 1 amide bonds. The lowest BCUT2D eigenvalue weighted by atomic mass is 9.90. The van der Waals surface area contributed by atoms with E-state index in [2.05, 4.69) is 6.92 Å². The molecule has 4 atom stereocenters. The first kappa shape index (κ1) is 13.2. The largest absolute Gasteiger partial charge is 0.481 e. The lowest BCUT2D eigenvalue weighted by Crippen LogP contribution is -2.41. The normalized spacial score (nSPS) is 33.0. The Bertz CT molecular complexity index is 510. The van der Waals surface area contributed by atoms with Crippen LogP contribution >= 0.6 is 0 Å². The zero-order valence-corrected chi connectivity index (χ0v) is 11.5. The van der Waals surface area contributed by atoms with Crippen LogP contribution in [-0.2, 0) is 9.59 Å². The molecule has 1 aliphatic carbocycles. The number of hydrogen-bond acceptors (Lipinski definition) is 3. The summed E-state index contributed by atoms with van der Waals surface area (Å²) >= 11 is 0. The van der Waals surface area contributed by atoms with E-state index in [0.29, 0.717) is 18.9 Å². The quantitative estimate of drug-likeness (QED) is 0.920. The summed E-state index contributed by atoms with van der Waals surface area (Å²) in [4.78, 5) is 25.3. The zero-order chi connectivity index (χ0) is 14.3. The van der Waals surface area contributed by atoms with Gasteiger partial charge in [0, 0.05) is 6.54 Å². The molecule has 1 N–H and O–H groups in total. The molecule has 2 heterocycles. The molecule has 5 heteroatoms. The van der Waals surface area contributed by atoms with Gasteiger partial charge in [-0.3, -0.25) is 9.59 Å². The number of carboxylic acid groups (broad SMARTS) is 1. The summed E-state index contributed by atoms with van der Waals surface area (Å²) in [5.74, 6) is -0.354. The number of piperidine rings is 1. The molecule has 4 unspecified atom stereocenters. The fraction of sp³-hybridized carbons (Fsp3) is 0.600. The Morgan fingerprint density at radius 3 is 2.75 bits per heavy atom. The monoisotopic (exact) mass is 277 g/mol. The smallest absolute Gasteiger partial charge is 0.307 e. The van der Waals surface area contributed by atoms with Gasteiger partial charge in [-0.2, -0.15) is 0 Å². The van der Waals surface area contributed by atoms with Gasteiger partial charge < -0.3 is 14.4 Å². The van der Waals surface area contributed by atoms with Gasteiger partial charge in [-0.05, 0) is 37.3 Å². The first-order valence-corrected chi connectivity index (χ1v) is 7.14. The number of carboxylic acids is 1.